The first-order chi connectivity index (χ1) is 5.54. The van der Waals surface area contributed by atoms with Gasteiger partial charge in [-0.05, 0) is 31.2 Å². The summed E-state index contributed by atoms with van der Waals surface area (Å²) in [6, 6.07) is 0. The molecule has 0 aromatic heterocycles. The molecule has 2 N–H and O–H groups in total. The number of hydrogen-bond donors (Lipinski definition) is 1. The molecule has 1 amide bonds. The molecule has 2 nitrogen and oxygen atoms in total. The molecule has 0 aromatic rings. The maximum atomic E-state index is 11.0. The standard InChI is InChI=1S/C9H16NOP/c1-4-6(3)8(9(10)11)7(12)5-2/h4H,5,12H2,1-3H3,(H2,10,11)/b6-4-,8-7-. The van der Waals surface area contributed by atoms with Crippen molar-refractivity contribution in [1.82, 2.24) is 0 Å². The van der Waals surface area contributed by atoms with E-state index >= 15 is 0 Å². The fourth-order valence-electron chi connectivity index (χ4n) is 0.927. The average Bonchev–Trinajstić information content (AvgIpc) is 2.03. The molecule has 0 spiro atoms. The van der Waals surface area contributed by atoms with Crippen molar-refractivity contribution in [1.29, 1.82) is 0 Å². The molecule has 0 bridgehead atoms. The number of rotatable bonds is 3. The van der Waals surface area contributed by atoms with Crippen molar-refractivity contribution in [3.05, 3.63) is 22.5 Å². The Morgan fingerprint density at radius 1 is 1.58 bits per heavy atom. The van der Waals surface area contributed by atoms with Crippen molar-refractivity contribution in [2.45, 2.75) is 27.2 Å². The van der Waals surface area contributed by atoms with E-state index in [0.717, 1.165) is 17.3 Å². The van der Waals surface area contributed by atoms with Crippen LogP contribution >= 0.6 is 9.24 Å². The number of primary amides is 1. The predicted octanol–water partition coefficient (Wildman–Crippen LogP) is 1.98. The van der Waals surface area contributed by atoms with Gasteiger partial charge in [-0.3, -0.25) is 4.79 Å². The molecule has 1 atom stereocenters. The summed E-state index contributed by atoms with van der Waals surface area (Å²) in [5, 5.41) is 0.970. The first kappa shape index (κ1) is 11.4. The Bertz CT molecular complexity index is 241. The molecule has 12 heavy (non-hydrogen) atoms. The largest absolute Gasteiger partial charge is 0.366 e. The van der Waals surface area contributed by atoms with Gasteiger partial charge < -0.3 is 5.73 Å². The lowest BCUT2D eigenvalue weighted by atomic mass is 10.1. The van der Waals surface area contributed by atoms with E-state index in [1.807, 2.05) is 26.8 Å². The van der Waals surface area contributed by atoms with Crippen LogP contribution in [0.3, 0.4) is 0 Å². The lowest BCUT2D eigenvalue weighted by Crippen LogP contribution is -2.15. The van der Waals surface area contributed by atoms with E-state index in [9.17, 15) is 4.79 Å². The Morgan fingerprint density at radius 3 is 2.33 bits per heavy atom. The molecule has 0 fully saturated rings. The summed E-state index contributed by atoms with van der Waals surface area (Å²) in [7, 11) is 2.55. The van der Waals surface area contributed by atoms with Crippen LogP contribution in [0.1, 0.15) is 27.2 Å². The summed E-state index contributed by atoms with van der Waals surface area (Å²) in [5.41, 5.74) is 6.82. The van der Waals surface area contributed by atoms with Crippen LogP contribution in [0, 0.1) is 0 Å². The second-order valence-electron chi connectivity index (χ2n) is 2.59. The third-order valence-corrected chi connectivity index (χ3v) is 2.47. The van der Waals surface area contributed by atoms with Crippen molar-refractivity contribution in [3.63, 3.8) is 0 Å². The molecule has 0 radical (unpaired) electrons. The molecule has 3 heteroatoms. The topological polar surface area (TPSA) is 43.1 Å². The van der Waals surface area contributed by atoms with E-state index in [1.165, 1.54) is 0 Å². The fourth-order valence-corrected chi connectivity index (χ4v) is 1.30. The summed E-state index contributed by atoms with van der Waals surface area (Å²) in [6.45, 7) is 5.78. The Hall–Kier alpha value is -0.620. The predicted molar refractivity (Wildman–Crippen MR) is 55.7 cm³/mol. The minimum atomic E-state index is -0.350. The monoisotopic (exact) mass is 185 g/mol. The van der Waals surface area contributed by atoms with Crippen molar-refractivity contribution >= 4 is 15.1 Å². The lowest BCUT2D eigenvalue weighted by Gasteiger charge is -2.06. The maximum Gasteiger partial charge on any atom is 0.249 e. The number of hydrogen-bond acceptors (Lipinski definition) is 1. The van der Waals surface area contributed by atoms with E-state index in [0.29, 0.717) is 5.57 Å². The van der Waals surface area contributed by atoms with Gasteiger partial charge in [0.15, 0.2) is 0 Å². The molecule has 0 aliphatic rings. The summed E-state index contributed by atoms with van der Waals surface area (Å²) >= 11 is 0. The molecule has 0 aromatic carbocycles. The van der Waals surface area contributed by atoms with Crippen LogP contribution in [0.15, 0.2) is 22.5 Å². The quantitative estimate of drug-likeness (QED) is 0.407. The van der Waals surface area contributed by atoms with Crippen LogP contribution < -0.4 is 5.73 Å². The first-order valence-corrected chi connectivity index (χ1v) is 4.54. The van der Waals surface area contributed by atoms with Crippen molar-refractivity contribution in [2.24, 2.45) is 5.73 Å². The van der Waals surface area contributed by atoms with Crippen LogP contribution in [0.4, 0.5) is 0 Å². The van der Waals surface area contributed by atoms with Crippen LogP contribution in [0.25, 0.3) is 0 Å². The molecule has 68 valence electrons. The highest BCUT2D eigenvalue weighted by Crippen LogP contribution is 2.21. The van der Waals surface area contributed by atoms with Crippen LogP contribution in [-0.2, 0) is 4.79 Å². The maximum absolute atomic E-state index is 11.0. The minimum absolute atomic E-state index is 0.350. The highest BCUT2D eigenvalue weighted by atomic mass is 31.0. The molecule has 1 unspecified atom stereocenters. The summed E-state index contributed by atoms with van der Waals surface area (Å²) in [5.74, 6) is -0.350. The Morgan fingerprint density at radius 2 is 2.08 bits per heavy atom. The number of carbonyl (C=O) groups is 1. The second kappa shape index (κ2) is 5.10. The van der Waals surface area contributed by atoms with E-state index in [-0.39, 0.29) is 5.91 Å². The Balaban J connectivity index is 5.06. The molecule has 0 aliphatic heterocycles. The molecular weight excluding hydrogens is 169 g/mol. The zero-order chi connectivity index (χ0) is 9.72. The SMILES string of the molecule is C/C=C(C)\C(C(N)=O)=C(\P)CC. The van der Waals surface area contributed by atoms with Gasteiger partial charge in [0, 0.05) is 5.57 Å². The van der Waals surface area contributed by atoms with Crippen LogP contribution in [-0.4, -0.2) is 5.91 Å². The van der Waals surface area contributed by atoms with Crippen molar-refractivity contribution in [2.75, 3.05) is 0 Å². The molecular formula is C9H16NOP. The Kier molecular flexibility index (Phi) is 4.84. The van der Waals surface area contributed by atoms with Gasteiger partial charge in [0.05, 0.1) is 0 Å². The van der Waals surface area contributed by atoms with Crippen molar-refractivity contribution in [3.8, 4) is 0 Å². The number of nitrogens with two attached hydrogens (primary N) is 1. The smallest absolute Gasteiger partial charge is 0.249 e. The van der Waals surface area contributed by atoms with E-state index < -0.39 is 0 Å². The first-order valence-electron chi connectivity index (χ1n) is 3.96. The summed E-state index contributed by atoms with van der Waals surface area (Å²) in [6.07, 6.45) is 2.72. The van der Waals surface area contributed by atoms with Gasteiger partial charge >= 0.3 is 0 Å². The molecule has 0 aliphatic carbocycles. The number of carbonyl (C=O) groups excluding carboxylic acids is 1. The third kappa shape index (κ3) is 2.78. The normalized spacial score (nSPS) is 14.2. The summed E-state index contributed by atoms with van der Waals surface area (Å²) < 4.78 is 0. The molecule has 0 saturated carbocycles. The summed E-state index contributed by atoms with van der Waals surface area (Å²) in [4.78, 5) is 11.0. The van der Waals surface area contributed by atoms with Gasteiger partial charge in [-0.2, -0.15) is 0 Å². The highest BCUT2D eigenvalue weighted by Gasteiger charge is 2.09. The lowest BCUT2D eigenvalue weighted by molar-refractivity contribution is -0.114. The molecule has 0 saturated heterocycles. The number of allylic oxidation sites excluding steroid dienone is 2. The van der Waals surface area contributed by atoms with E-state index in [2.05, 4.69) is 9.24 Å². The average molecular weight is 185 g/mol. The third-order valence-electron chi connectivity index (χ3n) is 1.78. The molecule has 0 heterocycles. The zero-order valence-electron chi connectivity index (χ0n) is 7.85. The molecule has 0 rings (SSSR count). The highest BCUT2D eigenvalue weighted by molar-refractivity contribution is 7.22. The van der Waals surface area contributed by atoms with E-state index in [1.54, 1.807) is 0 Å². The van der Waals surface area contributed by atoms with Crippen LogP contribution in [0.2, 0.25) is 0 Å². The van der Waals surface area contributed by atoms with E-state index in [4.69, 9.17) is 5.73 Å². The van der Waals surface area contributed by atoms with Gasteiger partial charge in [-0.1, -0.05) is 13.0 Å². The van der Waals surface area contributed by atoms with Gasteiger partial charge in [-0.25, -0.2) is 0 Å². The van der Waals surface area contributed by atoms with Gasteiger partial charge in [-0.15, -0.1) is 9.24 Å². The Labute approximate surface area is 76.1 Å². The van der Waals surface area contributed by atoms with Crippen molar-refractivity contribution < 1.29 is 4.79 Å². The zero-order valence-corrected chi connectivity index (χ0v) is 9.00. The van der Waals surface area contributed by atoms with Crippen LogP contribution in [0.5, 0.6) is 0 Å². The second-order valence-corrected chi connectivity index (χ2v) is 3.29. The fraction of sp³-hybridized carbons (Fsp3) is 0.444. The van der Waals surface area contributed by atoms with Gasteiger partial charge in [0.25, 0.3) is 0 Å². The number of amides is 1. The van der Waals surface area contributed by atoms with Gasteiger partial charge in [0.1, 0.15) is 0 Å². The van der Waals surface area contributed by atoms with Gasteiger partial charge in [0.2, 0.25) is 5.91 Å². The minimum Gasteiger partial charge on any atom is -0.366 e.